The molecule has 0 atom stereocenters. The summed E-state index contributed by atoms with van der Waals surface area (Å²) in [5.41, 5.74) is 6.54. The summed E-state index contributed by atoms with van der Waals surface area (Å²) in [6.45, 7) is 0.756. The lowest BCUT2D eigenvalue weighted by atomic mass is 9.94. The topological polar surface area (TPSA) is 23.3 Å². The van der Waals surface area contributed by atoms with Crippen LogP contribution < -0.4 is 5.48 Å². The summed E-state index contributed by atoms with van der Waals surface area (Å²) in [7, 11) is 0. The molecule has 2 aliphatic rings. The van der Waals surface area contributed by atoms with Gasteiger partial charge in [0.25, 0.3) is 0 Å². The minimum absolute atomic E-state index is 0.756. The van der Waals surface area contributed by atoms with Crippen molar-refractivity contribution in [2.75, 3.05) is 6.54 Å². The van der Waals surface area contributed by atoms with Gasteiger partial charge in [-0.1, -0.05) is 6.08 Å². The van der Waals surface area contributed by atoms with Crippen LogP contribution in [0.15, 0.2) is 23.5 Å². The molecule has 0 N–H and O–H groups in total. The standard InChI is InChI=1S/C8H10NO/c1-2-4-8-6-10-9-5-7(8)3-1/h3,6H,1-2,4-5H2. The Hall–Kier alpha value is -0.760. The molecule has 0 unspecified atom stereocenters. The van der Waals surface area contributed by atoms with E-state index in [1.807, 2.05) is 0 Å². The normalized spacial score (nSPS) is 24.0. The van der Waals surface area contributed by atoms with Crippen molar-refractivity contribution in [1.29, 1.82) is 0 Å². The molecule has 0 spiro atoms. The van der Waals surface area contributed by atoms with Crippen LogP contribution in [-0.2, 0) is 4.84 Å². The maximum absolute atomic E-state index is 4.86. The Morgan fingerprint density at radius 3 is 3.30 bits per heavy atom. The molecule has 0 aromatic carbocycles. The molecule has 0 aromatic rings. The van der Waals surface area contributed by atoms with Gasteiger partial charge in [0.15, 0.2) is 0 Å². The number of hydroxylamine groups is 1. The predicted molar refractivity (Wildman–Crippen MR) is 38.1 cm³/mol. The van der Waals surface area contributed by atoms with Crippen LogP contribution in [0.5, 0.6) is 0 Å². The molecule has 0 fully saturated rings. The van der Waals surface area contributed by atoms with E-state index < -0.39 is 0 Å². The third-order valence-electron chi connectivity index (χ3n) is 1.96. The SMILES string of the molecule is C1=C2CCCC=C2C[N]O1. The van der Waals surface area contributed by atoms with Gasteiger partial charge in [-0.3, -0.25) is 0 Å². The van der Waals surface area contributed by atoms with Crippen LogP contribution >= 0.6 is 0 Å². The average molecular weight is 136 g/mol. The fourth-order valence-electron chi connectivity index (χ4n) is 1.37. The lowest BCUT2D eigenvalue weighted by molar-refractivity contribution is 0.121. The highest BCUT2D eigenvalue weighted by Gasteiger charge is 2.14. The highest BCUT2D eigenvalue weighted by atomic mass is 16.6. The van der Waals surface area contributed by atoms with Gasteiger partial charge >= 0.3 is 0 Å². The second kappa shape index (κ2) is 2.46. The molecule has 0 saturated carbocycles. The first-order chi connectivity index (χ1) is 4.97. The van der Waals surface area contributed by atoms with Crippen LogP contribution in [0.25, 0.3) is 0 Å². The van der Waals surface area contributed by atoms with Gasteiger partial charge in [0.1, 0.15) is 6.26 Å². The third-order valence-corrected chi connectivity index (χ3v) is 1.96. The van der Waals surface area contributed by atoms with Gasteiger partial charge in [0.2, 0.25) is 0 Å². The van der Waals surface area contributed by atoms with Crippen LogP contribution in [0.2, 0.25) is 0 Å². The van der Waals surface area contributed by atoms with E-state index in [1.54, 1.807) is 6.26 Å². The lowest BCUT2D eigenvalue weighted by Crippen LogP contribution is -2.16. The summed E-state index contributed by atoms with van der Waals surface area (Å²) in [4.78, 5) is 4.86. The van der Waals surface area contributed by atoms with E-state index in [9.17, 15) is 0 Å². The molecule has 0 amide bonds. The predicted octanol–water partition coefficient (Wildman–Crippen LogP) is 1.53. The minimum Gasteiger partial charge on any atom is -0.395 e. The highest BCUT2D eigenvalue weighted by Crippen LogP contribution is 2.25. The molecule has 0 saturated heterocycles. The fraction of sp³-hybridized carbons (Fsp3) is 0.500. The zero-order chi connectivity index (χ0) is 6.81. The van der Waals surface area contributed by atoms with Crippen molar-refractivity contribution in [2.45, 2.75) is 19.3 Å². The summed E-state index contributed by atoms with van der Waals surface area (Å²) >= 11 is 0. The Labute approximate surface area is 60.5 Å². The quantitative estimate of drug-likeness (QED) is 0.495. The largest absolute Gasteiger partial charge is 0.395 e. The van der Waals surface area contributed by atoms with Crippen LogP contribution in [0.1, 0.15) is 19.3 Å². The van der Waals surface area contributed by atoms with E-state index in [2.05, 4.69) is 11.6 Å². The second-order valence-electron chi connectivity index (χ2n) is 2.66. The maximum atomic E-state index is 4.86. The van der Waals surface area contributed by atoms with E-state index in [4.69, 9.17) is 4.84 Å². The zero-order valence-electron chi connectivity index (χ0n) is 5.84. The summed E-state index contributed by atoms with van der Waals surface area (Å²) in [5, 5.41) is 0. The van der Waals surface area contributed by atoms with Crippen LogP contribution in [0.3, 0.4) is 0 Å². The van der Waals surface area contributed by atoms with Gasteiger partial charge in [-0.15, -0.1) is 0 Å². The fourth-order valence-corrected chi connectivity index (χ4v) is 1.37. The molecule has 10 heavy (non-hydrogen) atoms. The van der Waals surface area contributed by atoms with Crippen molar-refractivity contribution in [1.82, 2.24) is 5.48 Å². The van der Waals surface area contributed by atoms with Gasteiger partial charge in [-0.25, -0.2) is 0 Å². The molecule has 1 heterocycles. The first kappa shape index (κ1) is 5.98. The minimum atomic E-state index is 0.756. The molecular formula is C8H10NO. The third kappa shape index (κ3) is 0.948. The maximum Gasteiger partial charge on any atom is 0.117 e. The van der Waals surface area contributed by atoms with E-state index in [0.717, 1.165) is 6.54 Å². The van der Waals surface area contributed by atoms with Crippen LogP contribution in [-0.4, -0.2) is 6.54 Å². The number of hydrogen-bond acceptors (Lipinski definition) is 1. The van der Waals surface area contributed by atoms with Gasteiger partial charge in [-0.05, 0) is 35.9 Å². The molecule has 1 aliphatic heterocycles. The molecule has 0 aromatic heterocycles. The smallest absolute Gasteiger partial charge is 0.117 e. The second-order valence-corrected chi connectivity index (χ2v) is 2.66. The van der Waals surface area contributed by atoms with Crippen LogP contribution in [0.4, 0.5) is 0 Å². The molecule has 53 valence electrons. The summed E-state index contributed by atoms with van der Waals surface area (Å²) < 4.78 is 0. The van der Waals surface area contributed by atoms with Gasteiger partial charge < -0.3 is 4.84 Å². The van der Waals surface area contributed by atoms with Crippen LogP contribution in [0, 0.1) is 0 Å². The summed E-state index contributed by atoms with van der Waals surface area (Å²) in [6, 6.07) is 0. The molecule has 1 radical (unpaired) electrons. The summed E-state index contributed by atoms with van der Waals surface area (Å²) in [6.07, 6.45) is 7.68. The highest BCUT2D eigenvalue weighted by molar-refractivity contribution is 5.33. The van der Waals surface area contributed by atoms with Gasteiger partial charge in [-0.2, -0.15) is 0 Å². The monoisotopic (exact) mass is 136 g/mol. The van der Waals surface area contributed by atoms with E-state index in [-0.39, 0.29) is 0 Å². The zero-order valence-corrected chi connectivity index (χ0v) is 5.84. The molecule has 0 bridgehead atoms. The van der Waals surface area contributed by atoms with Crippen molar-refractivity contribution < 1.29 is 4.84 Å². The number of fused-ring (bicyclic) bond motifs is 1. The van der Waals surface area contributed by atoms with E-state index in [0.29, 0.717) is 0 Å². The Bertz CT molecular complexity index is 171. The van der Waals surface area contributed by atoms with Crippen molar-refractivity contribution in [3.8, 4) is 0 Å². The Morgan fingerprint density at radius 2 is 2.40 bits per heavy atom. The lowest BCUT2D eigenvalue weighted by Gasteiger charge is -2.19. The number of rotatable bonds is 0. The van der Waals surface area contributed by atoms with E-state index in [1.165, 1.54) is 30.4 Å². The first-order valence-electron chi connectivity index (χ1n) is 3.68. The number of nitrogens with zero attached hydrogens (tertiary/aromatic N) is 1. The molecule has 2 heteroatoms. The first-order valence-corrected chi connectivity index (χ1v) is 3.68. The molecule has 2 nitrogen and oxygen atoms in total. The Morgan fingerprint density at radius 1 is 1.40 bits per heavy atom. The van der Waals surface area contributed by atoms with Gasteiger partial charge in [0, 0.05) is 0 Å². The number of hydrogen-bond donors (Lipinski definition) is 0. The average Bonchev–Trinajstić information content (AvgIpc) is 2.05. The van der Waals surface area contributed by atoms with Crippen molar-refractivity contribution in [2.24, 2.45) is 0 Å². The Balaban J connectivity index is 2.25. The van der Waals surface area contributed by atoms with E-state index >= 15 is 0 Å². The number of allylic oxidation sites excluding steroid dienone is 1. The molecule has 2 rings (SSSR count). The molecular weight excluding hydrogens is 126 g/mol. The van der Waals surface area contributed by atoms with Crippen molar-refractivity contribution >= 4 is 0 Å². The van der Waals surface area contributed by atoms with Crippen molar-refractivity contribution in [3.63, 3.8) is 0 Å². The molecule has 1 aliphatic carbocycles. The van der Waals surface area contributed by atoms with Gasteiger partial charge in [0.05, 0.1) is 6.54 Å². The van der Waals surface area contributed by atoms with Crippen molar-refractivity contribution in [3.05, 3.63) is 23.5 Å². The summed E-state index contributed by atoms with van der Waals surface area (Å²) in [5.74, 6) is 0. The Kier molecular flexibility index (Phi) is 1.47.